The summed E-state index contributed by atoms with van der Waals surface area (Å²) in [5, 5.41) is 3.70. The van der Waals surface area contributed by atoms with Gasteiger partial charge in [0.15, 0.2) is 0 Å². The maximum Gasteiger partial charge on any atom is 0.215 e. The molecule has 4 heteroatoms. The number of pyridine rings is 1. The van der Waals surface area contributed by atoms with Crippen LogP contribution >= 0.6 is 11.6 Å². The Hall–Kier alpha value is -0.960. The summed E-state index contributed by atoms with van der Waals surface area (Å²) in [5.41, 5.74) is 0. The molecule has 0 saturated heterocycles. The topological polar surface area (TPSA) is 34.1 Å². The van der Waals surface area contributed by atoms with E-state index in [0.29, 0.717) is 23.8 Å². The summed E-state index contributed by atoms with van der Waals surface area (Å²) in [6, 6.07) is 5.78. The minimum atomic E-state index is 0.384. The molecule has 0 amide bonds. The second-order valence-electron chi connectivity index (χ2n) is 4.11. The summed E-state index contributed by atoms with van der Waals surface area (Å²) in [6.45, 7) is 3.55. The molecule has 1 N–H and O–H groups in total. The van der Waals surface area contributed by atoms with Crippen molar-refractivity contribution >= 4 is 17.4 Å². The molecular formula is C12H17ClN2O. The maximum absolute atomic E-state index is 5.93. The van der Waals surface area contributed by atoms with Crippen molar-refractivity contribution in [3.05, 3.63) is 18.2 Å². The van der Waals surface area contributed by atoms with Crippen LogP contribution in [0.5, 0.6) is 5.88 Å². The third kappa shape index (κ3) is 3.01. The van der Waals surface area contributed by atoms with Gasteiger partial charge in [0.25, 0.3) is 0 Å². The summed E-state index contributed by atoms with van der Waals surface area (Å²) in [6.07, 6.45) is 2.22. The lowest BCUT2D eigenvalue weighted by Gasteiger charge is -2.31. The van der Waals surface area contributed by atoms with Gasteiger partial charge in [-0.2, -0.15) is 4.98 Å². The van der Waals surface area contributed by atoms with Gasteiger partial charge in [-0.05, 0) is 31.7 Å². The molecule has 0 unspecified atom stereocenters. The monoisotopic (exact) mass is 240 g/mol. The molecule has 1 aliphatic carbocycles. The first kappa shape index (κ1) is 11.5. The van der Waals surface area contributed by atoms with Crippen LogP contribution in [0.2, 0.25) is 0 Å². The lowest BCUT2D eigenvalue weighted by atomic mass is 9.85. The highest BCUT2D eigenvalue weighted by Crippen LogP contribution is 2.31. The molecule has 1 aliphatic rings. The molecule has 1 saturated carbocycles. The van der Waals surface area contributed by atoms with E-state index < -0.39 is 0 Å². The smallest absolute Gasteiger partial charge is 0.215 e. The van der Waals surface area contributed by atoms with Crippen molar-refractivity contribution in [2.24, 2.45) is 5.92 Å². The molecule has 0 spiro atoms. The van der Waals surface area contributed by atoms with Crippen LogP contribution in [0.3, 0.4) is 0 Å². The SMILES string of the molecule is CCOc1cccc(NCC2CC(Cl)C2)n1. The van der Waals surface area contributed by atoms with E-state index in [1.54, 1.807) is 0 Å². The van der Waals surface area contributed by atoms with Gasteiger partial charge in [0.1, 0.15) is 5.82 Å². The Bertz CT molecular complexity index is 340. The largest absolute Gasteiger partial charge is 0.478 e. The van der Waals surface area contributed by atoms with Gasteiger partial charge in [-0.15, -0.1) is 11.6 Å². The zero-order valence-electron chi connectivity index (χ0n) is 9.45. The van der Waals surface area contributed by atoms with Crippen LogP contribution in [-0.2, 0) is 0 Å². The first-order valence-electron chi connectivity index (χ1n) is 5.75. The first-order valence-corrected chi connectivity index (χ1v) is 6.19. The highest BCUT2D eigenvalue weighted by atomic mass is 35.5. The number of alkyl halides is 1. The molecule has 1 fully saturated rings. The van der Waals surface area contributed by atoms with Gasteiger partial charge in [0, 0.05) is 18.0 Å². The number of hydrogen-bond donors (Lipinski definition) is 1. The van der Waals surface area contributed by atoms with Crippen LogP contribution < -0.4 is 10.1 Å². The summed E-state index contributed by atoms with van der Waals surface area (Å²) in [7, 11) is 0. The fourth-order valence-electron chi connectivity index (χ4n) is 1.81. The van der Waals surface area contributed by atoms with Crippen molar-refractivity contribution in [1.29, 1.82) is 0 Å². The van der Waals surface area contributed by atoms with E-state index >= 15 is 0 Å². The number of nitrogens with zero attached hydrogens (tertiary/aromatic N) is 1. The normalized spacial score (nSPS) is 23.6. The van der Waals surface area contributed by atoms with Gasteiger partial charge in [-0.3, -0.25) is 0 Å². The molecule has 2 rings (SSSR count). The van der Waals surface area contributed by atoms with Crippen molar-refractivity contribution < 1.29 is 4.74 Å². The number of aromatic nitrogens is 1. The Kier molecular flexibility index (Phi) is 3.88. The van der Waals surface area contributed by atoms with E-state index in [1.807, 2.05) is 25.1 Å². The second-order valence-corrected chi connectivity index (χ2v) is 4.73. The molecule has 0 bridgehead atoms. The Labute approximate surface area is 101 Å². The van der Waals surface area contributed by atoms with Crippen molar-refractivity contribution in [2.45, 2.75) is 25.1 Å². The Morgan fingerprint density at radius 2 is 2.31 bits per heavy atom. The summed E-state index contributed by atoms with van der Waals surface area (Å²) >= 11 is 5.93. The summed E-state index contributed by atoms with van der Waals surface area (Å²) < 4.78 is 5.34. The molecule has 1 aromatic heterocycles. The molecule has 0 atom stereocenters. The highest BCUT2D eigenvalue weighted by molar-refractivity contribution is 6.21. The van der Waals surface area contributed by atoms with Crippen molar-refractivity contribution in [3.63, 3.8) is 0 Å². The molecule has 1 aromatic rings. The predicted octanol–water partition coefficient (Wildman–Crippen LogP) is 2.91. The summed E-state index contributed by atoms with van der Waals surface area (Å²) in [5.74, 6) is 2.25. The second kappa shape index (κ2) is 5.39. The zero-order chi connectivity index (χ0) is 11.4. The lowest BCUT2D eigenvalue weighted by Crippen LogP contribution is -2.30. The van der Waals surface area contributed by atoms with Crippen LogP contribution in [0.1, 0.15) is 19.8 Å². The molecule has 3 nitrogen and oxygen atoms in total. The number of hydrogen-bond acceptors (Lipinski definition) is 3. The molecule has 1 heterocycles. The number of anilines is 1. The molecule has 0 aromatic carbocycles. The first-order chi connectivity index (χ1) is 7.78. The summed E-state index contributed by atoms with van der Waals surface area (Å²) in [4.78, 5) is 4.35. The molecule has 0 radical (unpaired) electrons. The molecular weight excluding hydrogens is 224 g/mol. The quantitative estimate of drug-likeness (QED) is 0.804. The molecule has 16 heavy (non-hydrogen) atoms. The molecule has 88 valence electrons. The minimum absolute atomic E-state index is 0.384. The highest BCUT2D eigenvalue weighted by Gasteiger charge is 2.26. The van der Waals surface area contributed by atoms with Crippen molar-refractivity contribution in [3.8, 4) is 5.88 Å². The molecule has 0 aliphatic heterocycles. The number of rotatable bonds is 5. The lowest BCUT2D eigenvalue weighted by molar-refractivity contribution is 0.326. The van der Waals surface area contributed by atoms with Gasteiger partial charge in [0.05, 0.1) is 6.61 Å². The van der Waals surface area contributed by atoms with Crippen LogP contribution in [0.15, 0.2) is 18.2 Å². The van der Waals surface area contributed by atoms with E-state index in [-0.39, 0.29) is 0 Å². The zero-order valence-corrected chi connectivity index (χ0v) is 10.2. The number of ether oxygens (including phenoxy) is 1. The Morgan fingerprint density at radius 1 is 1.50 bits per heavy atom. The van der Waals surface area contributed by atoms with Gasteiger partial charge in [-0.1, -0.05) is 6.07 Å². The van der Waals surface area contributed by atoms with E-state index in [1.165, 1.54) is 0 Å². The predicted molar refractivity (Wildman–Crippen MR) is 66.3 cm³/mol. The maximum atomic E-state index is 5.93. The van der Waals surface area contributed by atoms with E-state index in [4.69, 9.17) is 16.3 Å². The number of halogens is 1. The van der Waals surface area contributed by atoms with E-state index in [0.717, 1.165) is 25.2 Å². The van der Waals surface area contributed by atoms with Gasteiger partial charge >= 0.3 is 0 Å². The van der Waals surface area contributed by atoms with Crippen LogP contribution in [-0.4, -0.2) is 23.5 Å². The fraction of sp³-hybridized carbons (Fsp3) is 0.583. The standard InChI is InChI=1S/C12H17ClN2O/c1-2-16-12-5-3-4-11(15-12)14-8-9-6-10(13)7-9/h3-5,9-10H,2,6-8H2,1H3,(H,14,15). The number of nitrogens with one attached hydrogen (secondary N) is 1. The van der Waals surface area contributed by atoms with Crippen LogP contribution in [0, 0.1) is 5.92 Å². The van der Waals surface area contributed by atoms with E-state index in [9.17, 15) is 0 Å². The van der Waals surface area contributed by atoms with Crippen LogP contribution in [0.4, 0.5) is 5.82 Å². The fourth-order valence-corrected chi connectivity index (χ4v) is 2.32. The average molecular weight is 241 g/mol. The van der Waals surface area contributed by atoms with Crippen molar-refractivity contribution in [2.75, 3.05) is 18.5 Å². The van der Waals surface area contributed by atoms with E-state index in [2.05, 4.69) is 10.3 Å². The van der Waals surface area contributed by atoms with Gasteiger partial charge in [-0.25, -0.2) is 0 Å². The third-order valence-electron chi connectivity index (χ3n) is 2.77. The average Bonchev–Trinajstić information content (AvgIpc) is 2.24. The Morgan fingerprint density at radius 3 is 3.00 bits per heavy atom. The van der Waals surface area contributed by atoms with Gasteiger partial charge < -0.3 is 10.1 Å². The van der Waals surface area contributed by atoms with Gasteiger partial charge in [0.2, 0.25) is 5.88 Å². The van der Waals surface area contributed by atoms with Crippen molar-refractivity contribution in [1.82, 2.24) is 4.98 Å². The van der Waals surface area contributed by atoms with Crippen LogP contribution in [0.25, 0.3) is 0 Å². The minimum Gasteiger partial charge on any atom is -0.478 e. The third-order valence-corrected chi connectivity index (χ3v) is 3.12. The Balaban J connectivity index is 1.81.